The molecule has 1 aliphatic heterocycles. The lowest BCUT2D eigenvalue weighted by Gasteiger charge is -2.14. The number of carbonyl (C=O) groups is 1. The molecule has 0 bridgehead atoms. The second-order valence-electron chi connectivity index (χ2n) is 6.83. The number of methoxy groups -OCH3 is 1. The Morgan fingerprint density at radius 3 is 2.76 bits per heavy atom. The van der Waals surface area contributed by atoms with Gasteiger partial charge in [0.25, 0.3) is 0 Å². The third-order valence-electron chi connectivity index (χ3n) is 4.67. The van der Waals surface area contributed by atoms with Crippen molar-refractivity contribution >= 4 is 5.97 Å². The second kappa shape index (κ2) is 9.20. The van der Waals surface area contributed by atoms with Crippen LogP contribution in [0.3, 0.4) is 0 Å². The molecule has 1 saturated carbocycles. The van der Waals surface area contributed by atoms with E-state index in [2.05, 4.69) is 18.2 Å². The minimum absolute atomic E-state index is 0.0319. The largest absolute Gasteiger partial charge is 0.493 e. The van der Waals surface area contributed by atoms with Gasteiger partial charge in [0.15, 0.2) is 0 Å². The Balaban J connectivity index is 1.46. The summed E-state index contributed by atoms with van der Waals surface area (Å²) in [7, 11) is 1.71. The van der Waals surface area contributed by atoms with E-state index in [-0.39, 0.29) is 12.1 Å². The fraction of sp³-hybridized carbons (Fsp3) is 0.650. The Labute approximate surface area is 149 Å². The Kier molecular flexibility index (Phi) is 6.70. The molecule has 3 rings (SSSR count). The maximum absolute atomic E-state index is 11.1. The highest BCUT2D eigenvalue weighted by molar-refractivity contribution is 5.71. The van der Waals surface area contributed by atoms with Crippen molar-refractivity contribution in [1.82, 2.24) is 0 Å². The van der Waals surface area contributed by atoms with E-state index in [1.165, 1.54) is 18.4 Å². The van der Waals surface area contributed by atoms with Gasteiger partial charge in [-0.25, -0.2) is 0 Å². The summed E-state index contributed by atoms with van der Waals surface area (Å²) in [6.07, 6.45) is 5.56. The predicted octanol–water partition coefficient (Wildman–Crippen LogP) is 3.59. The molecule has 5 nitrogen and oxygen atoms in total. The summed E-state index contributed by atoms with van der Waals surface area (Å²) < 4.78 is 22.0. The average Bonchev–Trinajstić information content (AvgIpc) is 3.38. The molecule has 138 valence electrons. The van der Waals surface area contributed by atoms with E-state index in [0.29, 0.717) is 38.8 Å². The molecule has 1 aliphatic carbocycles. The van der Waals surface area contributed by atoms with Gasteiger partial charge in [-0.1, -0.05) is 12.1 Å². The summed E-state index contributed by atoms with van der Waals surface area (Å²) in [5.41, 5.74) is 2.44. The van der Waals surface area contributed by atoms with Crippen molar-refractivity contribution < 1.29 is 23.7 Å². The van der Waals surface area contributed by atoms with Crippen LogP contribution in [0.5, 0.6) is 5.75 Å². The molecule has 0 radical (unpaired) electrons. The van der Waals surface area contributed by atoms with Gasteiger partial charge >= 0.3 is 5.97 Å². The second-order valence-corrected chi connectivity index (χ2v) is 6.83. The van der Waals surface area contributed by atoms with E-state index >= 15 is 0 Å². The lowest BCUT2D eigenvalue weighted by molar-refractivity contribution is -0.141. The van der Waals surface area contributed by atoms with E-state index in [9.17, 15) is 4.79 Å². The molecule has 1 unspecified atom stereocenters. The number of benzene rings is 1. The van der Waals surface area contributed by atoms with Gasteiger partial charge in [0, 0.05) is 33.0 Å². The van der Waals surface area contributed by atoms with Crippen molar-refractivity contribution in [2.45, 2.75) is 57.2 Å². The SMILES string of the molecule is COCCCOc1cc(COCCC2CCC(=O)O2)ccc1C1CC1. The van der Waals surface area contributed by atoms with Crippen molar-refractivity contribution in [3.63, 3.8) is 0 Å². The first-order chi connectivity index (χ1) is 12.3. The molecule has 0 N–H and O–H groups in total. The van der Waals surface area contributed by atoms with Crippen LogP contribution in [0.15, 0.2) is 18.2 Å². The fourth-order valence-electron chi connectivity index (χ4n) is 3.10. The summed E-state index contributed by atoms with van der Waals surface area (Å²) in [5, 5.41) is 0. The number of rotatable bonds is 11. The number of hydrogen-bond donors (Lipinski definition) is 0. The molecule has 1 saturated heterocycles. The molecule has 1 heterocycles. The smallest absolute Gasteiger partial charge is 0.306 e. The molecule has 2 aliphatic rings. The fourth-order valence-corrected chi connectivity index (χ4v) is 3.10. The molecule has 1 aromatic rings. The van der Waals surface area contributed by atoms with Crippen molar-refractivity contribution in [1.29, 1.82) is 0 Å². The summed E-state index contributed by atoms with van der Waals surface area (Å²) in [4.78, 5) is 11.1. The summed E-state index contributed by atoms with van der Waals surface area (Å²) >= 11 is 0. The first-order valence-electron chi connectivity index (χ1n) is 9.28. The maximum atomic E-state index is 11.1. The topological polar surface area (TPSA) is 54.0 Å². The van der Waals surface area contributed by atoms with E-state index in [4.69, 9.17) is 18.9 Å². The number of cyclic esters (lactones) is 1. The Morgan fingerprint density at radius 2 is 2.04 bits per heavy atom. The first-order valence-corrected chi connectivity index (χ1v) is 9.28. The molecular formula is C20H28O5. The summed E-state index contributed by atoms with van der Waals surface area (Å²) in [5.74, 6) is 1.56. The first kappa shape index (κ1) is 18.2. The van der Waals surface area contributed by atoms with Crippen molar-refractivity contribution in [3.8, 4) is 5.75 Å². The van der Waals surface area contributed by atoms with E-state index in [1.54, 1.807) is 7.11 Å². The van der Waals surface area contributed by atoms with Crippen LogP contribution in [-0.4, -0.2) is 39.0 Å². The monoisotopic (exact) mass is 348 g/mol. The van der Waals surface area contributed by atoms with Gasteiger partial charge in [-0.15, -0.1) is 0 Å². The zero-order valence-electron chi connectivity index (χ0n) is 15.0. The van der Waals surface area contributed by atoms with Gasteiger partial charge in [0.1, 0.15) is 11.9 Å². The van der Waals surface area contributed by atoms with Crippen LogP contribution in [0, 0.1) is 0 Å². The van der Waals surface area contributed by atoms with Crippen LogP contribution in [0.2, 0.25) is 0 Å². The highest BCUT2D eigenvalue weighted by Crippen LogP contribution is 2.44. The van der Waals surface area contributed by atoms with Gasteiger partial charge in [0.05, 0.1) is 19.8 Å². The molecular weight excluding hydrogens is 320 g/mol. The highest BCUT2D eigenvalue weighted by atomic mass is 16.6. The third-order valence-corrected chi connectivity index (χ3v) is 4.67. The standard InChI is InChI=1S/C20H28O5/c1-22-10-2-11-24-19-13-15(3-7-18(19)16-4-5-16)14-23-12-9-17-6-8-20(21)25-17/h3,7,13,16-17H,2,4-6,8-12,14H2,1H3. The lowest BCUT2D eigenvalue weighted by Crippen LogP contribution is -2.10. The van der Waals surface area contributed by atoms with Gasteiger partial charge in [-0.3, -0.25) is 4.79 Å². The highest BCUT2D eigenvalue weighted by Gasteiger charge is 2.27. The summed E-state index contributed by atoms with van der Waals surface area (Å²) in [6, 6.07) is 6.42. The Morgan fingerprint density at radius 1 is 1.16 bits per heavy atom. The maximum Gasteiger partial charge on any atom is 0.306 e. The van der Waals surface area contributed by atoms with Gasteiger partial charge in [0.2, 0.25) is 0 Å². The molecule has 2 fully saturated rings. The molecule has 5 heteroatoms. The molecule has 1 aromatic carbocycles. The van der Waals surface area contributed by atoms with E-state index in [1.807, 2.05) is 0 Å². The summed E-state index contributed by atoms with van der Waals surface area (Å²) in [6.45, 7) is 2.55. The Bertz CT molecular complexity index is 567. The zero-order chi connectivity index (χ0) is 17.5. The third kappa shape index (κ3) is 5.72. The number of ether oxygens (including phenoxy) is 4. The van der Waals surface area contributed by atoms with Gasteiger partial charge < -0.3 is 18.9 Å². The van der Waals surface area contributed by atoms with Crippen LogP contribution in [0.1, 0.15) is 55.6 Å². The molecule has 1 atom stereocenters. The number of esters is 1. The van der Waals surface area contributed by atoms with Crippen LogP contribution in [0.4, 0.5) is 0 Å². The quantitative estimate of drug-likeness (QED) is 0.452. The van der Waals surface area contributed by atoms with E-state index < -0.39 is 0 Å². The van der Waals surface area contributed by atoms with Crippen LogP contribution in [-0.2, 0) is 25.6 Å². The predicted molar refractivity (Wildman–Crippen MR) is 93.8 cm³/mol. The molecule has 0 aromatic heterocycles. The van der Waals surface area contributed by atoms with Crippen molar-refractivity contribution in [2.24, 2.45) is 0 Å². The number of carbonyl (C=O) groups excluding carboxylic acids is 1. The van der Waals surface area contributed by atoms with Crippen LogP contribution in [0.25, 0.3) is 0 Å². The minimum atomic E-state index is -0.0871. The average molecular weight is 348 g/mol. The normalized spacial score (nSPS) is 19.9. The molecule has 0 spiro atoms. The van der Waals surface area contributed by atoms with Crippen molar-refractivity contribution in [2.75, 3.05) is 26.9 Å². The zero-order valence-corrected chi connectivity index (χ0v) is 15.0. The minimum Gasteiger partial charge on any atom is -0.493 e. The number of hydrogen-bond acceptors (Lipinski definition) is 5. The van der Waals surface area contributed by atoms with Crippen LogP contribution < -0.4 is 4.74 Å². The van der Waals surface area contributed by atoms with E-state index in [0.717, 1.165) is 30.6 Å². The van der Waals surface area contributed by atoms with Crippen molar-refractivity contribution in [3.05, 3.63) is 29.3 Å². The van der Waals surface area contributed by atoms with Gasteiger partial charge in [-0.2, -0.15) is 0 Å². The molecule has 0 amide bonds. The Hall–Kier alpha value is -1.59. The van der Waals surface area contributed by atoms with Gasteiger partial charge in [-0.05, 0) is 42.4 Å². The molecule has 25 heavy (non-hydrogen) atoms. The lowest BCUT2D eigenvalue weighted by atomic mass is 10.1. The van der Waals surface area contributed by atoms with Crippen LogP contribution >= 0.6 is 0 Å².